The van der Waals surface area contributed by atoms with E-state index in [2.05, 4.69) is 138 Å². The lowest BCUT2D eigenvalue weighted by molar-refractivity contribution is 0.670. The zero-order valence-corrected chi connectivity index (χ0v) is 26.1. The van der Waals surface area contributed by atoms with Crippen LogP contribution in [-0.2, 0) is 0 Å². The van der Waals surface area contributed by atoms with E-state index in [4.69, 9.17) is 4.42 Å². The molecule has 0 radical (unpaired) electrons. The van der Waals surface area contributed by atoms with Gasteiger partial charge in [0, 0.05) is 68.4 Å². The normalized spacial score (nSPS) is 12.3. The molecule has 4 heteroatoms. The summed E-state index contributed by atoms with van der Waals surface area (Å²) in [5, 5.41) is 10.1. The van der Waals surface area contributed by atoms with Gasteiger partial charge < -0.3 is 8.98 Å². The molecular formula is C42H23NOS2. The zero-order valence-electron chi connectivity index (χ0n) is 24.5. The lowest BCUT2D eigenvalue weighted by Crippen LogP contribution is -1.93. The number of benzene rings is 7. The van der Waals surface area contributed by atoms with E-state index in [0.717, 1.165) is 27.5 Å². The van der Waals surface area contributed by atoms with Crippen molar-refractivity contribution in [2.75, 3.05) is 0 Å². The lowest BCUT2D eigenvalue weighted by Gasteiger charge is -2.10. The number of thiophene rings is 2. The van der Waals surface area contributed by atoms with Crippen molar-refractivity contribution < 1.29 is 4.42 Å². The molecule has 0 saturated carbocycles. The van der Waals surface area contributed by atoms with Gasteiger partial charge in [0.1, 0.15) is 11.2 Å². The molecule has 11 rings (SSSR count). The molecule has 2 nitrogen and oxygen atoms in total. The van der Waals surface area contributed by atoms with Crippen LogP contribution < -0.4 is 0 Å². The topological polar surface area (TPSA) is 18.1 Å². The van der Waals surface area contributed by atoms with Gasteiger partial charge in [-0.3, -0.25) is 0 Å². The smallest absolute Gasteiger partial charge is 0.143 e. The summed E-state index contributed by atoms with van der Waals surface area (Å²) in [6.07, 6.45) is 0. The zero-order chi connectivity index (χ0) is 29.9. The molecule has 0 aliphatic rings. The minimum absolute atomic E-state index is 0.925. The molecule has 0 unspecified atom stereocenters. The van der Waals surface area contributed by atoms with Crippen LogP contribution in [0.4, 0.5) is 0 Å². The maximum atomic E-state index is 6.52. The molecule has 46 heavy (non-hydrogen) atoms. The fourth-order valence-electron chi connectivity index (χ4n) is 7.64. The quantitative estimate of drug-likeness (QED) is 0.188. The SMILES string of the molecule is c1ccc2c(c1)oc1c(-c3cccc4sc5ccc(-n6c7ccccc7c7ccc8c9ccccc9sc8c76)cc5c34)cccc12. The molecule has 0 aliphatic heterocycles. The predicted octanol–water partition coefficient (Wildman–Crippen LogP) is 13.1. The first-order chi connectivity index (χ1) is 22.8. The number of nitrogens with zero attached hydrogens (tertiary/aromatic N) is 1. The van der Waals surface area contributed by atoms with Crippen LogP contribution in [-0.4, -0.2) is 4.57 Å². The summed E-state index contributed by atoms with van der Waals surface area (Å²) < 4.78 is 14.2. The van der Waals surface area contributed by atoms with Gasteiger partial charge in [-0.25, -0.2) is 0 Å². The molecule has 214 valence electrons. The highest BCUT2D eigenvalue weighted by molar-refractivity contribution is 7.26. The van der Waals surface area contributed by atoms with Crippen LogP contribution in [0.25, 0.3) is 101 Å². The van der Waals surface area contributed by atoms with Crippen molar-refractivity contribution in [3.05, 3.63) is 140 Å². The summed E-state index contributed by atoms with van der Waals surface area (Å²) in [5.74, 6) is 0. The average molecular weight is 622 g/mol. The van der Waals surface area contributed by atoms with Crippen molar-refractivity contribution in [1.29, 1.82) is 0 Å². The maximum absolute atomic E-state index is 6.52. The second-order valence-electron chi connectivity index (χ2n) is 12.0. The highest BCUT2D eigenvalue weighted by Crippen LogP contribution is 2.46. The van der Waals surface area contributed by atoms with E-state index in [1.165, 1.54) is 73.4 Å². The second-order valence-corrected chi connectivity index (χ2v) is 14.2. The molecule has 0 atom stereocenters. The molecule has 0 amide bonds. The maximum Gasteiger partial charge on any atom is 0.143 e. The number of furan rings is 1. The molecule has 0 fully saturated rings. The molecule has 0 N–H and O–H groups in total. The summed E-state index contributed by atoms with van der Waals surface area (Å²) in [6, 6.07) is 50.8. The molecule has 11 aromatic rings. The Balaban J connectivity index is 1.24. The number of rotatable bonds is 2. The molecule has 0 spiro atoms. The lowest BCUT2D eigenvalue weighted by atomic mass is 9.97. The molecular weight excluding hydrogens is 599 g/mol. The number of hydrogen-bond donors (Lipinski definition) is 0. The van der Waals surface area contributed by atoms with Gasteiger partial charge in [0.05, 0.1) is 15.7 Å². The minimum atomic E-state index is 0.925. The van der Waals surface area contributed by atoms with E-state index in [1.54, 1.807) is 0 Å². The van der Waals surface area contributed by atoms with Crippen LogP contribution >= 0.6 is 22.7 Å². The van der Waals surface area contributed by atoms with Crippen LogP contribution in [0, 0.1) is 0 Å². The van der Waals surface area contributed by atoms with Crippen molar-refractivity contribution in [3.63, 3.8) is 0 Å². The Morgan fingerprint density at radius 1 is 0.457 bits per heavy atom. The van der Waals surface area contributed by atoms with E-state index in [-0.39, 0.29) is 0 Å². The largest absolute Gasteiger partial charge is 0.455 e. The van der Waals surface area contributed by atoms with E-state index >= 15 is 0 Å². The Labute approximate surface area is 270 Å². The van der Waals surface area contributed by atoms with Crippen LogP contribution in [0.15, 0.2) is 144 Å². The molecule has 4 aromatic heterocycles. The van der Waals surface area contributed by atoms with Gasteiger partial charge in [-0.1, -0.05) is 97.1 Å². The predicted molar refractivity (Wildman–Crippen MR) is 199 cm³/mol. The van der Waals surface area contributed by atoms with Crippen molar-refractivity contribution in [2.45, 2.75) is 0 Å². The van der Waals surface area contributed by atoms with Crippen molar-refractivity contribution >= 4 is 107 Å². The van der Waals surface area contributed by atoms with Crippen LogP contribution in [0.1, 0.15) is 0 Å². The third-order valence-electron chi connectivity index (χ3n) is 9.61. The average Bonchev–Trinajstić information content (AvgIpc) is 3.86. The molecule has 7 aromatic carbocycles. The monoisotopic (exact) mass is 621 g/mol. The summed E-state index contributed by atoms with van der Waals surface area (Å²) in [6.45, 7) is 0. The fraction of sp³-hybridized carbons (Fsp3) is 0. The first-order valence-electron chi connectivity index (χ1n) is 15.5. The number of para-hydroxylation sites is 3. The molecule has 0 aliphatic carbocycles. The highest BCUT2D eigenvalue weighted by Gasteiger charge is 2.20. The van der Waals surface area contributed by atoms with Crippen LogP contribution in [0.3, 0.4) is 0 Å². The summed E-state index contributed by atoms with van der Waals surface area (Å²) >= 11 is 3.76. The summed E-state index contributed by atoms with van der Waals surface area (Å²) in [4.78, 5) is 0. The van der Waals surface area contributed by atoms with E-state index < -0.39 is 0 Å². The Bertz CT molecular complexity index is 3040. The van der Waals surface area contributed by atoms with Gasteiger partial charge in [0.25, 0.3) is 0 Å². The van der Waals surface area contributed by atoms with Gasteiger partial charge in [-0.2, -0.15) is 0 Å². The van der Waals surface area contributed by atoms with Gasteiger partial charge >= 0.3 is 0 Å². The van der Waals surface area contributed by atoms with Crippen LogP contribution in [0.2, 0.25) is 0 Å². The van der Waals surface area contributed by atoms with Gasteiger partial charge in [-0.05, 0) is 48.0 Å². The van der Waals surface area contributed by atoms with E-state index in [1.807, 2.05) is 28.7 Å². The standard InChI is InChI=1S/C42H23NOS2/c1-4-15-34-25(9-1)29-20-21-32-27-11-3-6-17-36(27)46-42(32)40(29)43(34)24-19-22-37-33(23-24)39-28(12-8-18-38(39)45-37)31-14-7-13-30-26-10-2-5-16-35(26)44-41(30)31/h1-23H. The Hall–Kier alpha value is -5.42. The Morgan fingerprint density at radius 3 is 2.13 bits per heavy atom. The molecule has 4 heterocycles. The summed E-state index contributed by atoms with van der Waals surface area (Å²) in [7, 11) is 0. The third-order valence-corrected chi connectivity index (χ3v) is 11.9. The van der Waals surface area contributed by atoms with Crippen LogP contribution in [0.5, 0.6) is 0 Å². The first-order valence-corrected chi connectivity index (χ1v) is 17.1. The highest BCUT2D eigenvalue weighted by atomic mass is 32.1. The first kappa shape index (κ1) is 24.8. The van der Waals surface area contributed by atoms with E-state index in [0.29, 0.717) is 0 Å². The van der Waals surface area contributed by atoms with Crippen molar-refractivity contribution in [3.8, 4) is 16.8 Å². The van der Waals surface area contributed by atoms with Gasteiger partial charge in [0.15, 0.2) is 0 Å². The third kappa shape index (κ3) is 3.24. The van der Waals surface area contributed by atoms with Crippen molar-refractivity contribution in [2.24, 2.45) is 0 Å². The van der Waals surface area contributed by atoms with Gasteiger partial charge in [0.2, 0.25) is 0 Å². The summed E-state index contributed by atoms with van der Waals surface area (Å²) in [5.41, 5.74) is 7.91. The fourth-order valence-corrected chi connectivity index (χ4v) is 9.99. The number of hydrogen-bond acceptors (Lipinski definition) is 3. The van der Waals surface area contributed by atoms with E-state index in [9.17, 15) is 0 Å². The molecule has 0 bridgehead atoms. The Kier molecular flexibility index (Phi) is 4.90. The number of fused-ring (bicyclic) bond motifs is 13. The second kappa shape index (κ2) is 9.07. The van der Waals surface area contributed by atoms with Gasteiger partial charge in [-0.15, -0.1) is 22.7 Å². The minimum Gasteiger partial charge on any atom is -0.455 e. The Morgan fingerprint density at radius 2 is 1.17 bits per heavy atom. The van der Waals surface area contributed by atoms with Crippen molar-refractivity contribution in [1.82, 2.24) is 4.57 Å². The molecule has 0 saturated heterocycles. The number of aromatic nitrogens is 1.